The van der Waals surface area contributed by atoms with Gasteiger partial charge < -0.3 is 19.5 Å². The molecule has 2 aromatic carbocycles. The number of alkyl halides is 3. The third-order valence-electron chi connectivity index (χ3n) is 5.04. The molecular formula is C21H19F3N4O3. The fourth-order valence-electron chi connectivity index (χ4n) is 3.54. The van der Waals surface area contributed by atoms with E-state index in [-0.39, 0.29) is 11.6 Å². The van der Waals surface area contributed by atoms with Crippen LogP contribution in [0.3, 0.4) is 0 Å². The Bertz CT molecular complexity index is 1080. The Balaban J connectivity index is 1.54. The van der Waals surface area contributed by atoms with Crippen LogP contribution in [-0.2, 0) is 6.18 Å². The Hall–Kier alpha value is -3.56. The van der Waals surface area contributed by atoms with Gasteiger partial charge in [-0.15, -0.1) is 0 Å². The van der Waals surface area contributed by atoms with Crippen LogP contribution in [0.5, 0.6) is 5.75 Å². The van der Waals surface area contributed by atoms with Gasteiger partial charge in [-0.3, -0.25) is 0 Å². The highest BCUT2D eigenvalue weighted by atomic mass is 19.4. The predicted octanol–water partition coefficient (Wildman–Crippen LogP) is 5.13. The van der Waals surface area contributed by atoms with Crippen LogP contribution >= 0.6 is 0 Å². The fraction of sp³-hybridized carbons (Fsp3) is 0.286. The summed E-state index contributed by atoms with van der Waals surface area (Å²) in [4.78, 5) is 18.6. The lowest BCUT2D eigenvalue weighted by Crippen LogP contribution is -2.35. The molecule has 7 nitrogen and oxygen atoms in total. The molecule has 1 fully saturated rings. The number of halogens is 3. The largest absolute Gasteiger partial charge is 0.497 e. The van der Waals surface area contributed by atoms with Gasteiger partial charge in [-0.1, -0.05) is 29.4 Å². The second-order valence-electron chi connectivity index (χ2n) is 7.01. The number of hydrogen-bond acceptors (Lipinski definition) is 5. The maximum atomic E-state index is 13.2. The Morgan fingerprint density at radius 2 is 2.03 bits per heavy atom. The number of likely N-dealkylation sites (tertiary alicyclic amines) is 1. The standard InChI is InChI=1S/C21H19F3N4O3/c1-30-14-7-4-6-13(12-14)18-26-19(31-27-18)17-10-5-11-28(17)20(29)25-16-9-3-2-8-15(16)21(22,23)24/h2-4,6-9,12,17H,5,10-11H2,1H3,(H,25,29)/t17-/m1/s1. The third kappa shape index (κ3) is 4.32. The van der Waals surface area contributed by atoms with Crippen LogP contribution in [0.2, 0.25) is 0 Å². The number of anilines is 1. The molecule has 2 heterocycles. The van der Waals surface area contributed by atoms with Gasteiger partial charge in [-0.05, 0) is 37.1 Å². The first kappa shape index (κ1) is 20.7. The minimum atomic E-state index is -4.58. The molecule has 0 saturated carbocycles. The average Bonchev–Trinajstić information content (AvgIpc) is 3.43. The van der Waals surface area contributed by atoms with Crippen LogP contribution < -0.4 is 10.1 Å². The first-order valence-electron chi connectivity index (χ1n) is 9.58. The number of carbonyl (C=O) groups is 1. The molecule has 4 rings (SSSR count). The average molecular weight is 432 g/mol. The number of urea groups is 1. The normalized spacial score (nSPS) is 16.4. The van der Waals surface area contributed by atoms with Crippen LogP contribution in [-0.4, -0.2) is 34.7 Å². The molecule has 1 aromatic heterocycles. The number of hydrogen-bond donors (Lipinski definition) is 1. The number of amides is 2. The third-order valence-corrected chi connectivity index (χ3v) is 5.04. The molecule has 0 aliphatic carbocycles. The Labute approximate surface area is 175 Å². The van der Waals surface area contributed by atoms with Gasteiger partial charge in [0.1, 0.15) is 11.8 Å². The van der Waals surface area contributed by atoms with Crippen LogP contribution in [0.1, 0.15) is 30.3 Å². The maximum Gasteiger partial charge on any atom is 0.418 e. The summed E-state index contributed by atoms with van der Waals surface area (Å²) in [6.07, 6.45) is -3.35. The summed E-state index contributed by atoms with van der Waals surface area (Å²) in [5.74, 6) is 1.20. The van der Waals surface area contributed by atoms with E-state index >= 15 is 0 Å². The smallest absolute Gasteiger partial charge is 0.418 e. The molecule has 1 aliphatic rings. The molecule has 2 amide bonds. The van der Waals surface area contributed by atoms with Crippen molar-refractivity contribution in [3.05, 3.63) is 60.0 Å². The first-order chi connectivity index (χ1) is 14.9. The van der Waals surface area contributed by atoms with Gasteiger partial charge in [-0.2, -0.15) is 18.2 Å². The molecule has 1 N–H and O–H groups in total. The van der Waals surface area contributed by atoms with Gasteiger partial charge in [0.25, 0.3) is 0 Å². The van der Waals surface area contributed by atoms with Gasteiger partial charge >= 0.3 is 12.2 Å². The molecular weight excluding hydrogens is 413 g/mol. The molecule has 0 bridgehead atoms. The highest BCUT2D eigenvalue weighted by Gasteiger charge is 2.37. The quantitative estimate of drug-likeness (QED) is 0.618. The highest BCUT2D eigenvalue weighted by molar-refractivity contribution is 5.90. The molecule has 1 aliphatic heterocycles. The molecule has 31 heavy (non-hydrogen) atoms. The van der Waals surface area contributed by atoms with E-state index in [1.807, 2.05) is 0 Å². The monoisotopic (exact) mass is 432 g/mol. The second-order valence-corrected chi connectivity index (χ2v) is 7.01. The number of benzene rings is 2. The molecule has 3 aromatic rings. The van der Waals surface area contributed by atoms with Gasteiger partial charge in [0, 0.05) is 12.1 Å². The lowest BCUT2D eigenvalue weighted by Gasteiger charge is -2.23. The Kier molecular flexibility index (Phi) is 5.53. The lowest BCUT2D eigenvalue weighted by atomic mass is 10.1. The van der Waals surface area contributed by atoms with E-state index in [1.165, 1.54) is 23.1 Å². The summed E-state index contributed by atoms with van der Waals surface area (Å²) in [6.45, 7) is 0.363. The number of nitrogens with zero attached hydrogens (tertiary/aromatic N) is 3. The summed E-state index contributed by atoms with van der Waals surface area (Å²) < 4.78 is 50.3. The number of para-hydroxylation sites is 1. The minimum absolute atomic E-state index is 0.231. The maximum absolute atomic E-state index is 13.2. The van der Waals surface area contributed by atoms with Crippen molar-refractivity contribution in [1.29, 1.82) is 0 Å². The number of ether oxygens (including phenoxy) is 1. The van der Waals surface area contributed by atoms with Crippen LogP contribution in [0.15, 0.2) is 53.1 Å². The van der Waals surface area contributed by atoms with Crippen LogP contribution in [0.25, 0.3) is 11.4 Å². The summed E-state index contributed by atoms with van der Waals surface area (Å²) in [6, 6.07) is 10.8. The van der Waals surface area contributed by atoms with E-state index in [2.05, 4.69) is 15.5 Å². The van der Waals surface area contributed by atoms with Gasteiger partial charge in [-0.25, -0.2) is 4.79 Å². The van der Waals surface area contributed by atoms with E-state index in [9.17, 15) is 18.0 Å². The Morgan fingerprint density at radius 3 is 2.81 bits per heavy atom. The van der Waals surface area contributed by atoms with Crippen molar-refractivity contribution >= 4 is 11.7 Å². The van der Waals surface area contributed by atoms with Crippen molar-refractivity contribution in [3.8, 4) is 17.1 Å². The van der Waals surface area contributed by atoms with Crippen molar-refractivity contribution in [3.63, 3.8) is 0 Å². The lowest BCUT2D eigenvalue weighted by molar-refractivity contribution is -0.136. The summed E-state index contributed by atoms with van der Waals surface area (Å²) in [5, 5.41) is 6.35. The summed E-state index contributed by atoms with van der Waals surface area (Å²) in [7, 11) is 1.55. The zero-order valence-corrected chi connectivity index (χ0v) is 16.5. The van der Waals surface area contributed by atoms with Gasteiger partial charge in [0.15, 0.2) is 0 Å². The highest BCUT2D eigenvalue weighted by Crippen LogP contribution is 2.36. The number of carbonyl (C=O) groups excluding carboxylic acids is 1. The van der Waals surface area contributed by atoms with Crippen LogP contribution in [0, 0.1) is 0 Å². The van der Waals surface area contributed by atoms with Gasteiger partial charge in [0.05, 0.1) is 18.4 Å². The van der Waals surface area contributed by atoms with E-state index < -0.39 is 23.8 Å². The van der Waals surface area contributed by atoms with Gasteiger partial charge in [0.2, 0.25) is 11.7 Å². The topological polar surface area (TPSA) is 80.5 Å². The fourth-order valence-corrected chi connectivity index (χ4v) is 3.54. The minimum Gasteiger partial charge on any atom is -0.497 e. The summed E-state index contributed by atoms with van der Waals surface area (Å²) >= 11 is 0. The second kappa shape index (κ2) is 8.29. The molecule has 0 spiro atoms. The van der Waals surface area contributed by atoms with Crippen LogP contribution in [0.4, 0.5) is 23.7 Å². The molecule has 0 radical (unpaired) electrons. The SMILES string of the molecule is COc1cccc(-c2noc([C@H]3CCCN3C(=O)Nc3ccccc3C(F)(F)F)n2)c1. The zero-order chi connectivity index (χ0) is 22.0. The van der Waals surface area contributed by atoms with Crippen molar-refractivity contribution in [2.75, 3.05) is 19.0 Å². The van der Waals surface area contributed by atoms with E-state index in [1.54, 1.807) is 31.4 Å². The molecule has 162 valence electrons. The number of nitrogens with one attached hydrogen (secondary N) is 1. The molecule has 10 heteroatoms. The predicted molar refractivity (Wildman–Crippen MR) is 105 cm³/mol. The zero-order valence-electron chi connectivity index (χ0n) is 16.5. The van der Waals surface area contributed by atoms with Crippen molar-refractivity contribution in [2.45, 2.75) is 25.1 Å². The van der Waals surface area contributed by atoms with Crippen molar-refractivity contribution in [1.82, 2.24) is 15.0 Å². The van der Waals surface area contributed by atoms with Crippen molar-refractivity contribution in [2.24, 2.45) is 0 Å². The first-order valence-corrected chi connectivity index (χ1v) is 9.58. The van der Waals surface area contributed by atoms with E-state index in [0.717, 1.165) is 6.07 Å². The molecule has 1 saturated heterocycles. The number of aromatic nitrogens is 2. The van der Waals surface area contributed by atoms with Crippen molar-refractivity contribution < 1.29 is 27.2 Å². The van der Waals surface area contributed by atoms with E-state index in [0.29, 0.717) is 36.5 Å². The number of methoxy groups -OCH3 is 1. The molecule has 1 atom stereocenters. The molecule has 0 unspecified atom stereocenters. The van der Waals surface area contributed by atoms with E-state index in [4.69, 9.17) is 9.26 Å². The summed E-state index contributed by atoms with van der Waals surface area (Å²) in [5.41, 5.74) is -0.520. The number of rotatable bonds is 4. The Morgan fingerprint density at radius 1 is 1.23 bits per heavy atom.